The molecule has 0 amide bonds. The van der Waals surface area contributed by atoms with Crippen molar-refractivity contribution >= 4 is 5.69 Å². The van der Waals surface area contributed by atoms with Gasteiger partial charge in [-0.1, -0.05) is 0 Å². The predicted molar refractivity (Wildman–Crippen MR) is 66.9 cm³/mol. The maximum Gasteiger partial charge on any atom is 0.123 e. The van der Waals surface area contributed by atoms with Crippen molar-refractivity contribution in [1.29, 1.82) is 0 Å². The molecule has 0 spiro atoms. The molecular formula is C13H19FN2O. The monoisotopic (exact) mass is 238 g/mol. The van der Waals surface area contributed by atoms with Crippen LogP contribution in [0.15, 0.2) is 24.3 Å². The molecule has 1 aliphatic heterocycles. The van der Waals surface area contributed by atoms with Gasteiger partial charge in [0.25, 0.3) is 0 Å². The zero-order chi connectivity index (χ0) is 12.1. The standard InChI is InChI=1S/C13H19FN2O/c1-15-7-6-13-10-16(8-9-17-13)12-4-2-11(14)3-5-12/h2-5,13,15H,6-10H2,1H3. The molecule has 2 rings (SSSR count). The van der Waals surface area contributed by atoms with Crippen LogP contribution in [0.2, 0.25) is 0 Å². The molecule has 4 heteroatoms. The van der Waals surface area contributed by atoms with E-state index >= 15 is 0 Å². The van der Waals surface area contributed by atoms with Gasteiger partial charge in [-0.05, 0) is 44.3 Å². The molecule has 0 aliphatic carbocycles. The summed E-state index contributed by atoms with van der Waals surface area (Å²) in [5.74, 6) is -0.186. The van der Waals surface area contributed by atoms with Crippen molar-refractivity contribution in [2.75, 3.05) is 38.2 Å². The number of anilines is 1. The number of nitrogens with zero attached hydrogens (tertiary/aromatic N) is 1. The molecule has 1 N–H and O–H groups in total. The highest BCUT2D eigenvalue weighted by Gasteiger charge is 2.20. The molecule has 1 atom stereocenters. The van der Waals surface area contributed by atoms with Crippen LogP contribution in [0.3, 0.4) is 0 Å². The highest BCUT2D eigenvalue weighted by Crippen LogP contribution is 2.19. The third-order valence-corrected chi connectivity index (χ3v) is 3.05. The number of nitrogens with one attached hydrogen (secondary N) is 1. The summed E-state index contributed by atoms with van der Waals surface area (Å²) < 4.78 is 18.5. The Kier molecular flexibility index (Phi) is 4.34. The van der Waals surface area contributed by atoms with Crippen molar-refractivity contribution < 1.29 is 9.13 Å². The minimum atomic E-state index is -0.186. The second kappa shape index (κ2) is 5.98. The number of hydrogen-bond donors (Lipinski definition) is 1. The molecule has 17 heavy (non-hydrogen) atoms. The molecule has 1 saturated heterocycles. The van der Waals surface area contributed by atoms with E-state index in [4.69, 9.17) is 4.74 Å². The summed E-state index contributed by atoms with van der Waals surface area (Å²) in [4.78, 5) is 2.25. The molecule has 94 valence electrons. The van der Waals surface area contributed by atoms with Crippen molar-refractivity contribution in [2.45, 2.75) is 12.5 Å². The smallest absolute Gasteiger partial charge is 0.123 e. The molecule has 0 saturated carbocycles. The maximum atomic E-state index is 12.8. The van der Waals surface area contributed by atoms with Crippen molar-refractivity contribution in [3.05, 3.63) is 30.1 Å². The Morgan fingerprint density at radius 2 is 2.18 bits per heavy atom. The van der Waals surface area contributed by atoms with Gasteiger partial charge < -0.3 is 15.0 Å². The largest absolute Gasteiger partial charge is 0.374 e. The van der Waals surface area contributed by atoms with Gasteiger partial charge in [-0.2, -0.15) is 0 Å². The van der Waals surface area contributed by atoms with Crippen LogP contribution in [0.25, 0.3) is 0 Å². The molecule has 1 aromatic carbocycles. The lowest BCUT2D eigenvalue weighted by Crippen LogP contribution is -2.43. The van der Waals surface area contributed by atoms with Crippen molar-refractivity contribution in [2.24, 2.45) is 0 Å². The van der Waals surface area contributed by atoms with E-state index in [1.54, 1.807) is 0 Å². The lowest BCUT2D eigenvalue weighted by molar-refractivity contribution is 0.0358. The minimum Gasteiger partial charge on any atom is -0.374 e. The van der Waals surface area contributed by atoms with Crippen LogP contribution in [0.5, 0.6) is 0 Å². The van der Waals surface area contributed by atoms with E-state index < -0.39 is 0 Å². The fraction of sp³-hybridized carbons (Fsp3) is 0.538. The summed E-state index contributed by atoms with van der Waals surface area (Å²) in [6, 6.07) is 6.67. The van der Waals surface area contributed by atoms with Crippen LogP contribution in [0.1, 0.15) is 6.42 Å². The van der Waals surface area contributed by atoms with E-state index in [-0.39, 0.29) is 11.9 Å². The van der Waals surface area contributed by atoms with Gasteiger partial charge in [0.2, 0.25) is 0 Å². The first-order chi connectivity index (χ1) is 8.29. The number of morpholine rings is 1. The second-order valence-electron chi connectivity index (χ2n) is 4.31. The van der Waals surface area contributed by atoms with Gasteiger partial charge in [0.15, 0.2) is 0 Å². The molecule has 1 aliphatic rings. The van der Waals surface area contributed by atoms with Crippen molar-refractivity contribution in [3.8, 4) is 0 Å². The predicted octanol–water partition coefficient (Wildman–Crippen LogP) is 1.64. The highest BCUT2D eigenvalue weighted by molar-refractivity contribution is 5.46. The van der Waals surface area contributed by atoms with Gasteiger partial charge in [0, 0.05) is 18.8 Å². The first-order valence-corrected chi connectivity index (χ1v) is 6.06. The number of rotatable bonds is 4. The molecule has 1 heterocycles. The minimum absolute atomic E-state index is 0.186. The van der Waals surface area contributed by atoms with Gasteiger partial charge >= 0.3 is 0 Å². The van der Waals surface area contributed by atoms with Crippen LogP contribution in [-0.2, 0) is 4.74 Å². The molecule has 0 aromatic heterocycles. The Balaban J connectivity index is 1.94. The summed E-state index contributed by atoms with van der Waals surface area (Å²) >= 11 is 0. The Labute approximate surface area is 102 Å². The van der Waals surface area contributed by atoms with Gasteiger partial charge in [-0.3, -0.25) is 0 Å². The summed E-state index contributed by atoms with van der Waals surface area (Å²) in [5.41, 5.74) is 1.07. The average Bonchev–Trinajstić information content (AvgIpc) is 2.37. The van der Waals surface area contributed by atoms with E-state index in [9.17, 15) is 4.39 Å². The van der Waals surface area contributed by atoms with E-state index in [0.29, 0.717) is 0 Å². The summed E-state index contributed by atoms with van der Waals surface area (Å²) in [5, 5.41) is 3.13. The highest BCUT2D eigenvalue weighted by atomic mass is 19.1. The Bertz CT molecular complexity index is 342. The number of ether oxygens (including phenoxy) is 1. The average molecular weight is 238 g/mol. The fourth-order valence-corrected chi connectivity index (χ4v) is 2.09. The third-order valence-electron chi connectivity index (χ3n) is 3.05. The lowest BCUT2D eigenvalue weighted by atomic mass is 10.2. The van der Waals surface area contributed by atoms with Gasteiger partial charge in [0.1, 0.15) is 5.82 Å². The van der Waals surface area contributed by atoms with Crippen LogP contribution >= 0.6 is 0 Å². The molecule has 1 unspecified atom stereocenters. The van der Waals surface area contributed by atoms with Gasteiger partial charge in [-0.15, -0.1) is 0 Å². The fourth-order valence-electron chi connectivity index (χ4n) is 2.09. The number of benzene rings is 1. The van der Waals surface area contributed by atoms with Gasteiger partial charge in [-0.25, -0.2) is 4.39 Å². The van der Waals surface area contributed by atoms with E-state index in [1.165, 1.54) is 12.1 Å². The summed E-state index contributed by atoms with van der Waals surface area (Å²) in [7, 11) is 1.95. The number of hydrogen-bond acceptors (Lipinski definition) is 3. The summed E-state index contributed by atoms with van der Waals surface area (Å²) in [6.07, 6.45) is 1.27. The van der Waals surface area contributed by atoms with Crippen molar-refractivity contribution in [1.82, 2.24) is 5.32 Å². The van der Waals surface area contributed by atoms with Gasteiger partial charge in [0.05, 0.1) is 12.7 Å². The maximum absolute atomic E-state index is 12.8. The van der Waals surface area contributed by atoms with E-state index in [1.807, 2.05) is 19.2 Å². The zero-order valence-corrected chi connectivity index (χ0v) is 10.2. The quantitative estimate of drug-likeness (QED) is 0.863. The normalized spacial score (nSPS) is 20.6. The molecule has 0 bridgehead atoms. The Hall–Kier alpha value is -1.13. The topological polar surface area (TPSA) is 24.5 Å². The zero-order valence-electron chi connectivity index (χ0n) is 10.2. The van der Waals surface area contributed by atoms with E-state index in [2.05, 4.69) is 10.2 Å². The molecule has 3 nitrogen and oxygen atoms in total. The third kappa shape index (κ3) is 3.41. The molecule has 1 aromatic rings. The molecule has 1 fully saturated rings. The van der Waals surface area contributed by atoms with E-state index in [0.717, 1.165) is 38.3 Å². The van der Waals surface area contributed by atoms with Crippen LogP contribution in [-0.4, -0.2) is 39.4 Å². The van der Waals surface area contributed by atoms with Crippen LogP contribution in [0.4, 0.5) is 10.1 Å². The Morgan fingerprint density at radius 3 is 2.88 bits per heavy atom. The lowest BCUT2D eigenvalue weighted by Gasteiger charge is -2.34. The second-order valence-corrected chi connectivity index (χ2v) is 4.31. The first kappa shape index (κ1) is 12.3. The SMILES string of the molecule is CNCCC1CN(c2ccc(F)cc2)CCO1. The first-order valence-electron chi connectivity index (χ1n) is 6.06. The number of halogens is 1. The summed E-state index contributed by atoms with van der Waals surface area (Å²) in [6.45, 7) is 3.46. The Morgan fingerprint density at radius 1 is 1.41 bits per heavy atom. The molecule has 0 radical (unpaired) electrons. The molecular weight excluding hydrogens is 219 g/mol. The van der Waals surface area contributed by atoms with Crippen LogP contribution in [0, 0.1) is 5.82 Å². The van der Waals surface area contributed by atoms with Crippen molar-refractivity contribution in [3.63, 3.8) is 0 Å². The van der Waals surface area contributed by atoms with Crippen LogP contribution < -0.4 is 10.2 Å².